The molecule has 1 atom stereocenters. The number of hydrogen-bond donors (Lipinski definition) is 3. The van der Waals surface area contributed by atoms with E-state index in [4.69, 9.17) is 4.74 Å². The lowest BCUT2D eigenvalue weighted by atomic mass is 9.95. The lowest BCUT2D eigenvalue weighted by Crippen LogP contribution is -2.30. The number of nitrogens with zero attached hydrogens (tertiary/aromatic N) is 2. The predicted molar refractivity (Wildman–Crippen MR) is 131 cm³/mol. The van der Waals surface area contributed by atoms with Gasteiger partial charge < -0.3 is 19.9 Å². The van der Waals surface area contributed by atoms with E-state index in [0.29, 0.717) is 34.5 Å². The maximum Gasteiger partial charge on any atom is 0.302 e. The van der Waals surface area contributed by atoms with Gasteiger partial charge in [-0.25, -0.2) is 4.98 Å². The minimum absolute atomic E-state index is 0.0390. The van der Waals surface area contributed by atoms with Gasteiger partial charge in [-0.15, -0.1) is 0 Å². The Bertz CT molecular complexity index is 1400. The molecule has 0 radical (unpaired) electrons. The lowest BCUT2D eigenvalue weighted by molar-refractivity contribution is -0.132. The van der Waals surface area contributed by atoms with Gasteiger partial charge in [0.25, 0.3) is 5.78 Å². The van der Waals surface area contributed by atoms with Crippen molar-refractivity contribution in [3.05, 3.63) is 89.5 Å². The first kappa shape index (κ1) is 22.2. The van der Waals surface area contributed by atoms with Crippen molar-refractivity contribution in [2.24, 2.45) is 0 Å². The van der Waals surface area contributed by atoms with Crippen molar-refractivity contribution in [1.82, 2.24) is 9.97 Å². The number of phenols is 1. The van der Waals surface area contributed by atoms with E-state index in [0.717, 1.165) is 6.42 Å². The van der Waals surface area contributed by atoms with Crippen LogP contribution < -0.4 is 9.64 Å². The average Bonchev–Trinajstić information content (AvgIpc) is 3.41. The number of anilines is 1. The molecule has 5 rings (SSSR count). The molecule has 0 bridgehead atoms. The number of imidazole rings is 1. The summed E-state index contributed by atoms with van der Waals surface area (Å²) in [5.41, 5.74) is 2.18. The van der Waals surface area contributed by atoms with Gasteiger partial charge in [0, 0.05) is 5.56 Å². The molecule has 176 valence electrons. The van der Waals surface area contributed by atoms with Gasteiger partial charge in [0.05, 0.1) is 29.3 Å². The molecule has 1 amide bonds. The van der Waals surface area contributed by atoms with Crippen LogP contribution in [0.15, 0.2) is 78.4 Å². The summed E-state index contributed by atoms with van der Waals surface area (Å²) in [6.07, 6.45) is 0.861. The highest BCUT2D eigenvalue weighted by Crippen LogP contribution is 2.42. The molecule has 1 saturated heterocycles. The molecule has 0 spiro atoms. The van der Waals surface area contributed by atoms with Crippen LogP contribution in [0.25, 0.3) is 16.8 Å². The van der Waals surface area contributed by atoms with Crippen LogP contribution >= 0.6 is 0 Å². The molecule has 3 aromatic carbocycles. The van der Waals surface area contributed by atoms with Gasteiger partial charge in [-0.05, 0) is 60.5 Å². The zero-order chi connectivity index (χ0) is 24.5. The summed E-state index contributed by atoms with van der Waals surface area (Å²) < 4.78 is 5.60. The smallest absolute Gasteiger partial charge is 0.302 e. The number of aromatic nitrogens is 2. The molecule has 8 heteroatoms. The molecule has 8 nitrogen and oxygen atoms in total. The quantitative estimate of drug-likeness (QED) is 0.214. The van der Waals surface area contributed by atoms with Crippen LogP contribution in [0.1, 0.15) is 30.5 Å². The fraction of sp³-hybridized carbons (Fsp3) is 0.148. The average molecular weight is 469 g/mol. The maximum absolute atomic E-state index is 13.3. The molecule has 4 aromatic rings. The Morgan fingerprint density at radius 3 is 2.43 bits per heavy atom. The summed E-state index contributed by atoms with van der Waals surface area (Å²) in [7, 11) is 0. The number of aromatic hydroxyl groups is 1. The Kier molecular flexibility index (Phi) is 5.70. The summed E-state index contributed by atoms with van der Waals surface area (Å²) in [6.45, 7) is 2.57. The van der Waals surface area contributed by atoms with Crippen molar-refractivity contribution in [3.63, 3.8) is 0 Å². The SMILES string of the molecule is CCCOc1ccc(/C(O)=C2\C(=O)C(=O)N(c3nc4ccccc4[nH]3)C2c2ccc(O)cc2)cc1. The monoisotopic (exact) mass is 469 g/mol. The molecule has 0 aliphatic carbocycles. The number of H-pyrrole nitrogens is 1. The number of fused-ring (bicyclic) bond motifs is 1. The number of para-hydroxylation sites is 2. The molecule has 2 heterocycles. The van der Waals surface area contributed by atoms with E-state index in [2.05, 4.69) is 9.97 Å². The summed E-state index contributed by atoms with van der Waals surface area (Å²) in [4.78, 5) is 35.4. The number of phenolic OH excluding ortho intramolecular Hbond substituents is 1. The molecule has 35 heavy (non-hydrogen) atoms. The highest BCUT2D eigenvalue weighted by Gasteiger charge is 2.48. The van der Waals surface area contributed by atoms with Crippen LogP contribution in [-0.2, 0) is 9.59 Å². The molecule has 1 fully saturated rings. The Balaban J connectivity index is 1.64. The Morgan fingerprint density at radius 1 is 1.03 bits per heavy atom. The zero-order valence-electron chi connectivity index (χ0n) is 18.9. The number of carbonyl (C=O) groups excluding carboxylic acids is 2. The molecule has 0 saturated carbocycles. The third kappa shape index (κ3) is 3.99. The number of benzene rings is 3. The van der Waals surface area contributed by atoms with E-state index in [1.807, 2.05) is 25.1 Å². The number of aromatic amines is 1. The largest absolute Gasteiger partial charge is 0.508 e. The topological polar surface area (TPSA) is 116 Å². The summed E-state index contributed by atoms with van der Waals surface area (Å²) >= 11 is 0. The van der Waals surface area contributed by atoms with Crippen LogP contribution in [0.4, 0.5) is 5.95 Å². The van der Waals surface area contributed by atoms with Gasteiger partial charge >= 0.3 is 5.91 Å². The van der Waals surface area contributed by atoms with Crippen molar-refractivity contribution < 1.29 is 24.5 Å². The van der Waals surface area contributed by atoms with E-state index in [1.165, 1.54) is 17.0 Å². The van der Waals surface area contributed by atoms with Gasteiger partial charge in [-0.1, -0.05) is 31.2 Å². The van der Waals surface area contributed by atoms with Crippen LogP contribution in [0.2, 0.25) is 0 Å². The van der Waals surface area contributed by atoms with E-state index in [-0.39, 0.29) is 23.0 Å². The van der Waals surface area contributed by atoms with Crippen LogP contribution in [0.5, 0.6) is 11.5 Å². The second-order valence-corrected chi connectivity index (χ2v) is 8.21. The molecule has 1 aromatic heterocycles. The van der Waals surface area contributed by atoms with Crippen molar-refractivity contribution in [3.8, 4) is 11.5 Å². The second-order valence-electron chi connectivity index (χ2n) is 8.21. The minimum atomic E-state index is -0.952. The minimum Gasteiger partial charge on any atom is -0.508 e. The van der Waals surface area contributed by atoms with Crippen LogP contribution in [0.3, 0.4) is 0 Å². The summed E-state index contributed by atoms with van der Waals surface area (Å²) in [5, 5.41) is 21.0. The molecule has 1 aliphatic rings. The predicted octanol–water partition coefficient (Wildman–Crippen LogP) is 4.68. The highest BCUT2D eigenvalue weighted by atomic mass is 16.5. The number of nitrogens with one attached hydrogen (secondary N) is 1. The number of carbonyl (C=O) groups is 2. The number of ether oxygens (including phenoxy) is 1. The van der Waals surface area contributed by atoms with Crippen molar-refractivity contribution >= 4 is 34.4 Å². The van der Waals surface area contributed by atoms with Crippen LogP contribution in [-0.4, -0.2) is 38.5 Å². The van der Waals surface area contributed by atoms with Gasteiger partial charge in [0.2, 0.25) is 5.95 Å². The third-order valence-corrected chi connectivity index (χ3v) is 5.86. The number of hydrogen-bond acceptors (Lipinski definition) is 6. The fourth-order valence-corrected chi connectivity index (χ4v) is 4.16. The van der Waals surface area contributed by atoms with E-state index in [1.54, 1.807) is 42.5 Å². The summed E-state index contributed by atoms with van der Waals surface area (Å²) in [6, 6.07) is 19.2. The van der Waals surface area contributed by atoms with E-state index in [9.17, 15) is 19.8 Å². The Hall–Kier alpha value is -4.59. The normalized spacial score (nSPS) is 17.3. The fourth-order valence-electron chi connectivity index (χ4n) is 4.16. The van der Waals surface area contributed by atoms with Crippen LogP contribution in [0, 0.1) is 0 Å². The number of aliphatic hydroxyl groups is 1. The third-order valence-electron chi connectivity index (χ3n) is 5.86. The molecule has 1 unspecified atom stereocenters. The van der Waals surface area contributed by atoms with Gasteiger partial charge in [0.15, 0.2) is 0 Å². The number of ketones is 1. The molecular weight excluding hydrogens is 446 g/mol. The number of rotatable bonds is 6. The highest BCUT2D eigenvalue weighted by molar-refractivity contribution is 6.51. The van der Waals surface area contributed by atoms with Crippen molar-refractivity contribution in [2.45, 2.75) is 19.4 Å². The standard InChI is InChI=1S/C27H23N3O5/c1-2-15-35-19-13-9-17(10-14-19)24(32)22-23(16-7-11-18(31)12-8-16)30(26(34)25(22)33)27-28-20-5-3-4-6-21(20)29-27/h3-14,23,31-32H,2,15H2,1H3,(H,28,29)/b24-22+. The Labute approximate surface area is 201 Å². The Morgan fingerprint density at radius 2 is 1.74 bits per heavy atom. The molecule has 3 N–H and O–H groups in total. The first-order valence-electron chi connectivity index (χ1n) is 11.3. The maximum atomic E-state index is 13.3. The number of Topliss-reactive ketones (excluding diaryl/α,β-unsaturated/α-hetero) is 1. The summed E-state index contributed by atoms with van der Waals surface area (Å²) in [5.74, 6) is -1.08. The second kappa shape index (κ2) is 8.98. The van der Waals surface area contributed by atoms with Gasteiger partial charge in [-0.3, -0.25) is 14.5 Å². The zero-order valence-corrected chi connectivity index (χ0v) is 18.9. The number of amides is 1. The first-order chi connectivity index (χ1) is 17.0. The van der Waals surface area contributed by atoms with Gasteiger partial charge in [0.1, 0.15) is 17.3 Å². The van der Waals surface area contributed by atoms with Gasteiger partial charge in [-0.2, -0.15) is 0 Å². The first-order valence-corrected chi connectivity index (χ1v) is 11.3. The van der Waals surface area contributed by atoms with Crippen molar-refractivity contribution in [1.29, 1.82) is 0 Å². The number of aliphatic hydroxyl groups excluding tert-OH is 1. The van der Waals surface area contributed by atoms with Crippen molar-refractivity contribution in [2.75, 3.05) is 11.5 Å². The van der Waals surface area contributed by atoms with E-state index >= 15 is 0 Å². The lowest BCUT2D eigenvalue weighted by Gasteiger charge is -2.23. The molecule has 1 aliphatic heterocycles. The molecular formula is C27H23N3O5. The van der Waals surface area contributed by atoms with E-state index < -0.39 is 17.7 Å².